The molecule has 3 heterocycles. The van der Waals surface area contributed by atoms with Crippen LogP contribution in [-0.4, -0.2) is 70.4 Å². The van der Waals surface area contributed by atoms with E-state index in [0.717, 1.165) is 46.5 Å². The fourth-order valence-electron chi connectivity index (χ4n) is 3.97. The van der Waals surface area contributed by atoms with Crippen molar-refractivity contribution in [3.63, 3.8) is 0 Å². The van der Waals surface area contributed by atoms with Gasteiger partial charge in [0.05, 0.1) is 24.4 Å². The van der Waals surface area contributed by atoms with Gasteiger partial charge in [0, 0.05) is 41.7 Å². The van der Waals surface area contributed by atoms with Crippen LogP contribution < -0.4 is 10.6 Å². The van der Waals surface area contributed by atoms with E-state index >= 15 is 0 Å². The number of aromatic nitrogens is 2. The van der Waals surface area contributed by atoms with Gasteiger partial charge in [-0.1, -0.05) is 11.6 Å². The summed E-state index contributed by atoms with van der Waals surface area (Å²) in [6.45, 7) is 3.16. The second-order valence-corrected chi connectivity index (χ2v) is 9.48. The Kier molecular flexibility index (Phi) is 6.87. The van der Waals surface area contributed by atoms with Gasteiger partial charge in [-0.3, -0.25) is 9.59 Å². The predicted molar refractivity (Wildman–Crippen MR) is 125 cm³/mol. The van der Waals surface area contributed by atoms with Crippen molar-refractivity contribution in [2.45, 2.75) is 38.4 Å². The van der Waals surface area contributed by atoms with Gasteiger partial charge in [0.25, 0.3) is 11.8 Å². The molecule has 0 fully saturated rings. The third-order valence-electron chi connectivity index (χ3n) is 5.80. The molecule has 0 saturated heterocycles. The molecule has 1 aliphatic rings. The second-order valence-electron chi connectivity index (χ2n) is 8.40. The number of aliphatic hydroxyl groups excluding tert-OH is 1. The molecule has 0 saturated carbocycles. The number of nitrogens with one attached hydrogen (secondary N) is 3. The van der Waals surface area contributed by atoms with Crippen molar-refractivity contribution in [3.05, 3.63) is 51.1 Å². The molecule has 33 heavy (non-hydrogen) atoms. The Bertz CT molecular complexity index is 1190. The zero-order valence-corrected chi connectivity index (χ0v) is 19.4. The number of amides is 2. The molecule has 3 aromatic rings. The Labute approximate surface area is 195 Å². The average molecular weight is 470 g/mol. The highest BCUT2D eigenvalue weighted by Crippen LogP contribution is 2.24. The quantitative estimate of drug-likeness (QED) is 0.369. The highest BCUT2D eigenvalue weighted by Gasteiger charge is 2.28. The lowest BCUT2D eigenvalue weighted by atomic mass is 10.1. The van der Waals surface area contributed by atoms with Crippen LogP contribution in [0.2, 0.25) is 0 Å². The summed E-state index contributed by atoms with van der Waals surface area (Å²) in [6, 6.07) is 5.92. The fourth-order valence-corrected chi connectivity index (χ4v) is 5.06. The normalized spacial score (nSPS) is 15.6. The second kappa shape index (κ2) is 9.82. The molecule has 2 amide bonds. The smallest absolute Gasteiger partial charge is 0.280 e. The van der Waals surface area contributed by atoms with Crippen LogP contribution >= 0.6 is 11.3 Å². The van der Waals surface area contributed by atoms with Gasteiger partial charge < -0.3 is 30.4 Å². The van der Waals surface area contributed by atoms with Crippen molar-refractivity contribution in [1.29, 1.82) is 0 Å². The summed E-state index contributed by atoms with van der Waals surface area (Å²) in [5.74, 6) is -0.849. The first-order valence-corrected chi connectivity index (χ1v) is 11.6. The van der Waals surface area contributed by atoms with E-state index in [-0.39, 0.29) is 6.42 Å². The number of thiazole rings is 1. The monoisotopic (exact) mass is 469 g/mol. The third-order valence-corrected chi connectivity index (χ3v) is 6.88. The summed E-state index contributed by atoms with van der Waals surface area (Å²) in [5, 5.41) is 16.7. The van der Waals surface area contributed by atoms with Crippen LogP contribution in [0, 0.1) is 6.92 Å². The molecule has 174 valence electrons. The third kappa shape index (κ3) is 5.13. The van der Waals surface area contributed by atoms with Gasteiger partial charge in [-0.25, -0.2) is 4.98 Å². The maximum absolute atomic E-state index is 12.9. The van der Waals surface area contributed by atoms with Gasteiger partial charge in [0.15, 0.2) is 5.01 Å². The van der Waals surface area contributed by atoms with Crippen LogP contribution in [0.15, 0.2) is 24.3 Å². The SMILES string of the molecule is Cc1ccc2[nH]c(C(=O)N[C@H](CC=O)[C@@H](CO)NC(=O)c3nc4c(s3)CN(C)CC4)cc2c1. The van der Waals surface area contributed by atoms with Crippen molar-refractivity contribution in [2.75, 3.05) is 20.2 Å². The standard InChI is InChI=1S/C23H27N5O4S/c1-13-3-4-15-14(9-13)10-18(24-15)21(31)25-16(6-8-29)19(12-30)26-22(32)23-27-17-5-7-28(2)11-20(17)33-23/h3-4,8-10,16,19,24,30H,5-7,11-12H2,1-2H3,(H,25,31)(H,26,32)/t16-,19-/m1/s1. The Morgan fingerprint density at radius 1 is 1.27 bits per heavy atom. The van der Waals surface area contributed by atoms with Crippen molar-refractivity contribution in [1.82, 2.24) is 25.5 Å². The van der Waals surface area contributed by atoms with E-state index in [4.69, 9.17) is 0 Å². The number of nitrogens with zero attached hydrogens (tertiary/aromatic N) is 2. The molecule has 0 spiro atoms. The Balaban J connectivity index is 1.47. The lowest BCUT2D eigenvalue weighted by Gasteiger charge is -2.25. The summed E-state index contributed by atoms with van der Waals surface area (Å²) in [5.41, 5.74) is 3.16. The van der Waals surface area contributed by atoms with Gasteiger partial charge in [0.1, 0.15) is 12.0 Å². The van der Waals surface area contributed by atoms with Gasteiger partial charge >= 0.3 is 0 Å². The first kappa shape index (κ1) is 23.1. The van der Waals surface area contributed by atoms with Crippen molar-refractivity contribution < 1.29 is 19.5 Å². The van der Waals surface area contributed by atoms with Crippen molar-refractivity contribution in [2.24, 2.45) is 0 Å². The summed E-state index contributed by atoms with van der Waals surface area (Å²) < 4.78 is 0. The van der Waals surface area contributed by atoms with E-state index in [0.29, 0.717) is 17.0 Å². The minimum atomic E-state index is -0.845. The van der Waals surface area contributed by atoms with Crippen molar-refractivity contribution >= 4 is 40.3 Å². The van der Waals surface area contributed by atoms with E-state index in [2.05, 4.69) is 25.5 Å². The van der Waals surface area contributed by atoms with E-state index in [9.17, 15) is 19.5 Å². The maximum atomic E-state index is 12.9. The van der Waals surface area contributed by atoms with Gasteiger partial charge in [-0.2, -0.15) is 0 Å². The fraction of sp³-hybridized carbons (Fsp3) is 0.391. The number of carbonyl (C=O) groups excluding carboxylic acids is 3. The van der Waals surface area contributed by atoms with E-state index in [1.54, 1.807) is 6.07 Å². The molecular formula is C23H27N5O4S. The molecule has 1 aliphatic heterocycles. The molecule has 4 rings (SSSR count). The highest BCUT2D eigenvalue weighted by atomic mass is 32.1. The number of aromatic amines is 1. The zero-order valence-electron chi connectivity index (χ0n) is 18.6. The first-order chi connectivity index (χ1) is 15.9. The average Bonchev–Trinajstić information content (AvgIpc) is 3.40. The molecule has 0 unspecified atom stereocenters. The lowest BCUT2D eigenvalue weighted by Crippen LogP contribution is -2.53. The number of fused-ring (bicyclic) bond motifs is 2. The molecule has 1 aromatic carbocycles. The van der Waals surface area contributed by atoms with E-state index in [1.807, 2.05) is 32.2 Å². The molecule has 0 radical (unpaired) electrons. The first-order valence-electron chi connectivity index (χ1n) is 10.8. The number of aryl methyl sites for hydroxylation is 1. The van der Waals surface area contributed by atoms with Crippen molar-refractivity contribution in [3.8, 4) is 0 Å². The molecule has 10 heteroatoms. The van der Waals surface area contributed by atoms with Gasteiger partial charge in [0.2, 0.25) is 0 Å². The number of hydrogen-bond donors (Lipinski definition) is 4. The molecule has 9 nitrogen and oxygen atoms in total. The highest BCUT2D eigenvalue weighted by molar-refractivity contribution is 7.13. The van der Waals surface area contributed by atoms with Crippen LogP contribution in [0.3, 0.4) is 0 Å². The maximum Gasteiger partial charge on any atom is 0.280 e. The number of benzene rings is 1. The molecule has 0 aliphatic carbocycles. The minimum absolute atomic E-state index is 0.0598. The summed E-state index contributed by atoms with van der Waals surface area (Å²) in [7, 11) is 2.02. The van der Waals surface area contributed by atoms with Gasteiger partial charge in [-0.05, 0) is 32.2 Å². The van der Waals surface area contributed by atoms with Crippen LogP contribution in [0.4, 0.5) is 0 Å². The lowest BCUT2D eigenvalue weighted by molar-refractivity contribution is -0.108. The predicted octanol–water partition coefficient (Wildman–Crippen LogP) is 1.40. The summed E-state index contributed by atoms with van der Waals surface area (Å²) in [4.78, 5) is 47.7. The minimum Gasteiger partial charge on any atom is -0.394 e. The van der Waals surface area contributed by atoms with Crippen LogP contribution in [0.1, 0.15) is 42.8 Å². The number of rotatable bonds is 8. The van der Waals surface area contributed by atoms with Gasteiger partial charge in [-0.15, -0.1) is 11.3 Å². The number of aldehydes is 1. The largest absolute Gasteiger partial charge is 0.394 e. The van der Waals surface area contributed by atoms with E-state index in [1.165, 1.54) is 11.3 Å². The molecule has 0 bridgehead atoms. The molecule has 4 N–H and O–H groups in total. The number of hydrogen-bond acceptors (Lipinski definition) is 7. The Morgan fingerprint density at radius 2 is 2.06 bits per heavy atom. The molecule has 2 atom stereocenters. The van der Waals surface area contributed by atoms with Crippen LogP contribution in [-0.2, 0) is 17.8 Å². The summed E-state index contributed by atoms with van der Waals surface area (Å²) in [6.07, 6.45) is 1.38. The van der Waals surface area contributed by atoms with Crippen LogP contribution in [0.25, 0.3) is 10.9 Å². The Hall–Kier alpha value is -3.08. The van der Waals surface area contributed by atoms with E-state index < -0.39 is 30.5 Å². The molecular weight excluding hydrogens is 442 g/mol. The number of carbonyl (C=O) groups is 3. The topological polar surface area (TPSA) is 127 Å². The summed E-state index contributed by atoms with van der Waals surface area (Å²) >= 11 is 1.33. The number of H-pyrrole nitrogens is 1. The zero-order chi connectivity index (χ0) is 23.5. The molecule has 2 aromatic heterocycles. The number of likely N-dealkylation sites (N-methyl/N-ethyl adjacent to an activating group) is 1. The van der Waals surface area contributed by atoms with Crippen LogP contribution in [0.5, 0.6) is 0 Å². The Morgan fingerprint density at radius 3 is 2.82 bits per heavy atom. The number of aliphatic hydroxyl groups is 1.